The van der Waals surface area contributed by atoms with E-state index in [9.17, 15) is 0 Å². The fourth-order valence-corrected chi connectivity index (χ4v) is 3.56. The topological polar surface area (TPSA) is 42.3 Å². The Morgan fingerprint density at radius 3 is 2.74 bits per heavy atom. The summed E-state index contributed by atoms with van der Waals surface area (Å²) in [6.45, 7) is 9.75. The highest BCUT2D eigenvalue weighted by atomic mass is 35.5. The molecule has 1 atom stereocenters. The van der Waals surface area contributed by atoms with Crippen LogP contribution >= 0.6 is 12.4 Å². The van der Waals surface area contributed by atoms with Gasteiger partial charge in [0.15, 0.2) is 0 Å². The van der Waals surface area contributed by atoms with Crippen molar-refractivity contribution in [2.75, 3.05) is 27.2 Å². The predicted molar refractivity (Wildman–Crippen MR) is 114 cm³/mol. The van der Waals surface area contributed by atoms with Crippen LogP contribution in [0.4, 0.5) is 0 Å². The summed E-state index contributed by atoms with van der Waals surface area (Å²) in [5.74, 6) is 0.868. The molecule has 150 valence electrons. The summed E-state index contributed by atoms with van der Waals surface area (Å²) in [7, 11) is 3.77. The molecule has 6 heteroatoms. The van der Waals surface area contributed by atoms with E-state index in [1.807, 2.05) is 12.1 Å². The SMILES string of the molecule is CNC1CCCN(Cc2cn(C(C)(C)C)nc2-c2cccc(OC)c2)C1.Cl. The largest absolute Gasteiger partial charge is 0.497 e. The van der Waals surface area contributed by atoms with Crippen molar-refractivity contribution in [2.45, 2.75) is 51.7 Å². The lowest BCUT2D eigenvalue weighted by Gasteiger charge is -2.32. The number of aromatic nitrogens is 2. The number of halogens is 1. The minimum absolute atomic E-state index is 0. The summed E-state index contributed by atoms with van der Waals surface area (Å²) in [6.07, 6.45) is 4.72. The Bertz CT molecular complexity index is 738. The highest BCUT2D eigenvalue weighted by molar-refractivity contribution is 5.85. The molecule has 1 aromatic carbocycles. The van der Waals surface area contributed by atoms with Crippen LogP contribution < -0.4 is 10.1 Å². The van der Waals surface area contributed by atoms with Gasteiger partial charge in [-0.15, -0.1) is 12.4 Å². The van der Waals surface area contributed by atoms with Gasteiger partial charge in [-0.3, -0.25) is 9.58 Å². The zero-order chi connectivity index (χ0) is 18.7. The Morgan fingerprint density at radius 2 is 2.07 bits per heavy atom. The fourth-order valence-electron chi connectivity index (χ4n) is 3.56. The molecule has 2 heterocycles. The maximum absolute atomic E-state index is 5.42. The third-order valence-corrected chi connectivity index (χ3v) is 5.13. The van der Waals surface area contributed by atoms with Crippen molar-refractivity contribution in [2.24, 2.45) is 0 Å². The van der Waals surface area contributed by atoms with Crippen LogP contribution in [-0.4, -0.2) is 48.0 Å². The van der Waals surface area contributed by atoms with Crippen molar-refractivity contribution >= 4 is 12.4 Å². The molecule has 1 aromatic heterocycles. The Kier molecular flexibility index (Phi) is 7.32. The van der Waals surface area contributed by atoms with E-state index < -0.39 is 0 Å². The second-order valence-corrected chi connectivity index (χ2v) is 8.21. The average molecular weight is 393 g/mol. The van der Waals surface area contributed by atoms with Gasteiger partial charge in [0.05, 0.1) is 18.3 Å². The summed E-state index contributed by atoms with van der Waals surface area (Å²) in [5.41, 5.74) is 3.42. The fraction of sp³-hybridized carbons (Fsp3) is 0.571. The van der Waals surface area contributed by atoms with Gasteiger partial charge in [-0.05, 0) is 59.3 Å². The van der Waals surface area contributed by atoms with Gasteiger partial charge in [0, 0.05) is 36.5 Å². The molecule has 0 aliphatic carbocycles. The number of nitrogens with one attached hydrogen (secondary N) is 1. The number of likely N-dealkylation sites (N-methyl/N-ethyl adjacent to an activating group) is 1. The van der Waals surface area contributed by atoms with E-state index in [0.717, 1.165) is 36.6 Å². The summed E-state index contributed by atoms with van der Waals surface area (Å²) in [6, 6.07) is 8.79. The quantitative estimate of drug-likeness (QED) is 0.837. The van der Waals surface area contributed by atoms with Crippen molar-refractivity contribution in [3.63, 3.8) is 0 Å². The number of rotatable bonds is 5. The number of benzene rings is 1. The Hall–Kier alpha value is -1.56. The second kappa shape index (κ2) is 9.09. The molecule has 5 nitrogen and oxygen atoms in total. The highest BCUT2D eigenvalue weighted by Crippen LogP contribution is 2.29. The van der Waals surface area contributed by atoms with Crippen molar-refractivity contribution in [1.29, 1.82) is 0 Å². The molecule has 1 fully saturated rings. The molecule has 0 spiro atoms. The molecule has 0 amide bonds. The molecule has 0 bridgehead atoms. The highest BCUT2D eigenvalue weighted by Gasteiger charge is 2.23. The van der Waals surface area contributed by atoms with Crippen LogP contribution in [0.2, 0.25) is 0 Å². The Balaban J connectivity index is 0.00000261. The van der Waals surface area contributed by atoms with Crippen LogP contribution in [0.1, 0.15) is 39.2 Å². The van der Waals surface area contributed by atoms with E-state index in [0.29, 0.717) is 6.04 Å². The molecule has 3 rings (SSSR count). The summed E-state index contributed by atoms with van der Waals surface area (Å²) >= 11 is 0. The number of likely N-dealkylation sites (tertiary alicyclic amines) is 1. The standard InChI is InChI=1S/C21H32N4O.ClH/c1-21(2,3)25-14-17(13-24-11-7-9-18(15-24)22-4)20(23-25)16-8-6-10-19(12-16)26-5;/h6,8,10,12,14,18,22H,7,9,11,13,15H2,1-5H3;1H. The first-order valence-corrected chi connectivity index (χ1v) is 9.54. The minimum atomic E-state index is -0.0404. The van der Waals surface area contributed by atoms with Crippen LogP contribution in [0.5, 0.6) is 5.75 Å². The van der Waals surface area contributed by atoms with E-state index in [2.05, 4.69) is 61.0 Å². The lowest BCUT2D eigenvalue weighted by Crippen LogP contribution is -2.43. The Labute approximate surface area is 169 Å². The van der Waals surface area contributed by atoms with Crippen LogP contribution in [0.3, 0.4) is 0 Å². The lowest BCUT2D eigenvalue weighted by atomic mass is 10.0. The molecular weight excluding hydrogens is 360 g/mol. The van der Waals surface area contributed by atoms with Crippen molar-refractivity contribution in [3.05, 3.63) is 36.0 Å². The smallest absolute Gasteiger partial charge is 0.119 e. The zero-order valence-corrected chi connectivity index (χ0v) is 18.0. The van der Waals surface area contributed by atoms with Gasteiger partial charge in [-0.1, -0.05) is 12.1 Å². The van der Waals surface area contributed by atoms with Gasteiger partial charge in [-0.25, -0.2) is 0 Å². The van der Waals surface area contributed by atoms with Crippen LogP contribution in [-0.2, 0) is 12.1 Å². The summed E-state index contributed by atoms with van der Waals surface area (Å²) in [4.78, 5) is 2.54. The molecule has 0 saturated carbocycles. The average Bonchev–Trinajstić information content (AvgIpc) is 3.06. The van der Waals surface area contributed by atoms with E-state index in [-0.39, 0.29) is 17.9 Å². The summed E-state index contributed by atoms with van der Waals surface area (Å²) < 4.78 is 7.51. The lowest BCUT2D eigenvalue weighted by molar-refractivity contribution is 0.188. The number of ether oxygens (including phenoxy) is 1. The van der Waals surface area contributed by atoms with Crippen LogP contribution in [0, 0.1) is 0 Å². The van der Waals surface area contributed by atoms with Crippen LogP contribution in [0.15, 0.2) is 30.5 Å². The third kappa shape index (κ3) is 5.24. The van der Waals surface area contributed by atoms with E-state index in [4.69, 9.17) is 9.84 Å². The van der Waals surface area contributed by atoms with E-state index in [1.165, 1.54) is 18.4 Å². The van der Waals surface area contributed by atoms with Gasteiger partial charge in [0.25, 0.3) is 0 Å². The molecule has 1 unspecified atom stereocenters. The minimum Gasteiger partial charge on any atom is -0.497 e. The molecule has 1 aliphatic heterocycles. The first-order chi connectivity index (χ1) is 12.4. The zero-order valence-electron chi connectivity index (χ0n) is 17.2. The molecule has 0 radical (unpaired) electrons. The number of hydrogen-bond acceptors (Lipinski definition) is 4. The first-order valence-electron chi connectivity index (χ1n) is 9.54. The normalized spacial score (nSPS) is 18.2. The molecule has 27 heavy (non-hydrogen) atoms. The number of methoxy groups -OCH3 is 1. The monoisotopic (exact) mass is 392 g/mol. The van der Waals surface area contributed by atoms with Gasteiger partial charge >= 0.3 is 0 Å². The predicted octanol–water partition coefficient (Wildman–Crippen LogP) is 3.92. The molecule has 1 saturated heterocycles. The molecule has 1 aliphatic rings. The maximum Gasteiger partial charge on any atom is 0.119 e. The van der Waals surface area contributed by atoms with E-state index in [1.54, 1.807) is 7.11 Å². The molecular formula is C21H33ClN4O. The van der Waals surface area contributed by atoms with Crippen molar-refractivity contribution in [1.82, 2.24) is 20.0 Å². The van der Waals surface area contributed by atoms with Crippen molar-refractivity contribution in [3.8, 4) is 17.0 Å². The second-order valence-electron chi connectivity index (χ2n) is 8.21. The number of nitrogens with zero attached hydrogens (tertiary/aromatic N) is 3. The van der Waals surface area contributed by atoms with E-state index >= 15 is 0 Å². The van der Waals surface area contributed by atoms with Gasteiger partial charge in [0.1, 0.15) is 5.75 Å². The van der Waals surface area contributed by atoms with Crippen LogP contribution in [0.25, 0.3) is 11.3 Å². The van der Waals surface area contributed by atoms with Gasteiger partial charge in [0.2, 0.25) is 0 Å². The summed E-state index contributed by atoms with van der Waals surface area (Å²) in [5, 5.41) is 8.38. The van der Waals surface area contributed by atoms with Gasteiger partial charge in [-0.2, -0.15) is 5.10 Å². The molecule has 2 aromatic rings. The first kappa shape index (κ1) is 21.7. The van der Waals surface area contributed by atoms with Crippen molar-refractivity contribution < 1.29 is 4.74 Å². The number of hydrogen-bond donors (Lipinski definition) is 1. The number of piperidine rings is 1. The maximum atomic E-state index is 5.42. The van der Waals surface area contributed by atoms with Gasteiger partial charge < -0.3 is 10.1 Å². The third-order valence-electron chi connectivity index (χ3n) is 5.13. The molecule has 1 N–H and O–H groups in total. The Morgan fingerprint density at radius 1 is 1.30 bits per heavy atom.